The summed E-state index contributed by atoms with van der Waals surface area (Å²) >= 11 is 0. The van der Waals surface area contributed by atoms with E-state index in [0.717, 1.165) is 44.3 Å². The Morgan fingerprint density at radius 3 is 2.90 bits per heavy atom. The molecule has 0 aliphatic rings. The molecule has 0 saturated heterocycles. The number of H-pyrrole nitrogens is 1. The van der Waals surface area contributed by atoms with Gasteiger partial charge in [-0.1, -0.05) is 13.3 Å². The van der Waals surface area contributed by atoms with Crippen molar-refractivity contribution in [3.63, 3.8) is 0 Å². The van der Waals surface area contributed by atoms with Crippen molar-refractivity contribution in [2.24, 2.45) is 11.7 Å². The summed E-state index contributed by atoms with van der Waals surface area (Å²) in [6, 6.07) is 0. The summed E-state index contributed by atoms with van der Waals surface area (Å²) in [6.45, 7) is 5.62. The normalized spacial score (nSPS) is 12.3. The number of aryl methyl sites for hydroxylation is 2. The molecule has 1 amide bonds. The van der Waals surface area contributed by atoms with Crippen LogP contribution in [0.5, 0.6) is 0 Å². The Hall–Kier alpha value is -1.36. The van der Waals surface area contributed by atoms with Gasteiger partial charge in [0, 0.05) is 18.7 Å². The lowest BCUT2D eigenvalue weighted by Gasteiger charge is -2.13. The van der Waals surface area contributed by atoms with Gasteiger partial charge in [-0.05, 0) is 50.6 Å². The number of amides is 1. The van der Waals surface area contributed by atoms with Crippen molar-refractivity contribution < 1.29 is 4.79 Å². The molecule has 1 heterocycles. The molecule has 0 aromatic carbocycles. The van der Waals surface area contributed by atoms with Crippen LogP contribution in [-0.2, 0) is 11.2 Å². The lowest BCUT2D eigenvalue weighted by Crippen LogP contribution is -2.25. The van der Waals surface area contributed by atoms with Crippen LogP contribution in [0.25, 0.3) is 0 Å². The second kappa shape index (κ2) is 9.53. The molecule has 0 fully saturated rings. The average Bonchev–Trinajstić information content (AvgIpc) is 2.85. The lowest BCUT2D eigenvalue weighted by molar-refractivity contribution is -0.121. The molecule has 1 aromatic heterocycles. The van der Waals surface area contributed by atoms with Crippen LogP contribution in [0.2, 0.25) is 0 Å². The van der Waals surface area contributed by atoms with E-state index in [2.05, 4.69) is 22.4 Å². The van der Waals surface area contributed by atoms with Crippen molar-refractivity contribution in [3.8, 4) is 0 Å². The van der Waals surface area contributed by atoms with Crippen LogP contribution in [-0.4, -0.2) is 29.2 Å². The lowest BCUT2D eigenvalue weighted by atomic mass is 9.96. The number of aromatic nitrogens is 2. The van der Waals surface area contributed by atoms with Gasteiger partial charge in [0.25, 0.3) is 0 Å². The minimum Gasteiger partial charge on any atom is -0.356 e. The standard InChI is InChI=1S/C15H28N4O/c1-3-13(8-9-16)6-7-15(20)17-10-4-5-14-11-18-19-12(14)2/h11,13H,3-10,16H2,1-2H3,(H,17,20)(H,18,19). The van der Waals surface area contributed by atoms with Gasteiger partial charge in [0.2, 0.25) is 5.91 Å². The van der Waals surface area contributed by atoms with Gasteiger partial charge in [-0.2, -0.15) is 5.10 Å². The van der Waals surface area contributed by atoms with Crippen molar-refractivity contribution in [2.45, 2.75) is 52.4 Å². The quantitative estimate of drug-likeness (QED) is 0.573. The molecule has 4 N–H and O–H groups in total. The molecule has 5 heteroatoms. The van der Waals surface area contributed by atoms with Gasteiger partial charge < -0.3 is 11.1 Å². The molecule has 0 bridgehead atoms. The molecule has 0 saturated carbocycles. The highest BCUT2D eigenvalue weighted by Gasteiger charge is 2.08. The maximum Gasteiger partial charge on any atom is 0.220 e. The largest absolute Gasteiger partial charge is 0.356 e. The summed E-state index contributed by atoms with van der Waals surface area (Å²) in [7, 11) is 0. The first-order valence-electron chi connectivity index (χ1n) is 7.63. The number of hydrogen-bond donors (Lipinski definition) is 3. The fourth-order valence-corrected chi connectivity index (χ4v) is 2.35. The summed E-state index contributed by atoms with van der Waals surface area (Å²) < 4.78 is 0. The summed E-state index contributed by atoms with van der Waals surface area (Å²) in [4.78, 5) is 11.7. The highest BCUT2D eigenvalue weighted by Crippen LogP contribution is 2.14. The van der Waals surface area contributed by atoms with Gasteiger partial charge in [-0.25, -0.2) is 0 Å². The maximum atomic E-state index is 11.7. The van der Waals surface area contributed by atoms with Crippen LogP contribution in [0.3, 0.4) is 0 Å². The van der Waals surface area contributed by atoms with E-state index in [1.165, 1.54) is 5.56 Å². The van der Waals surface area contributed by atoms with Crippen molar-refractivity contribution in [2.75, 3.05) is 13.1 Å². The van der Waals surface area contributed by atoms with Gasteiger partial charge in [-0.15, -0.1) is 0 Å². The van der Waals surface area contributed by atoms with Crippen molar-refractivity contribution in [3.05, 3.63) is 17.5 Å². The smallest absolute Gasteiger partial charge is 0.220 e. The molecule has 114 valence electrons. The van der Waals surface area contributed by atoms with E-state index in [0.29, 0.717) is 18.9 Å². The zero-order valence-electron chi connectivity index (χ0n) is 12.7. The average molecular weight is 280 g/mol. The fourth-order valence-electron chi connectivity index (χ4n) is 2.35. The van der Waals surface area contributed by atoms with Crippen LogP contribution < -0.4 is 11.1 Å². The highest BCUT2D eigenvalue weighted by atomic mass is 16.1. The van der Waals surface area contributed by atoms with E-state index >= 15 is 0 Å². The van der Waals surface area contributed by atoms with Crippen molar-refractivity contribution in [1.29, 1.82) is 0 Å². The molecule has 1 unspecified atom stereocenters. The van der Waals surface area contributed by atoms with Crippen LogP contribution in [0.1, 0.15) is 50.3 Å². The summed E-state index contributed by atoms with van der Waals surface area (Å²) in [5.41, 5.74) is 7.90. The Kier molecular flexibility index (Phi) is 7.95. The molecule has 20 heavy (non-hydrogen) atoms. The predicted molar refractivity (Wildman–Crippen MR) is 81.3 cm³/mol. The topological polar surface area (TPSA) is 83.8 Å². The molecule has 0 radical (unpaired) electrons. The Labute approximate surface area is 121 Å². The van der Waals surface area contributed by atoms with E-state index < -0.39 is 0 Å². The molecule has 1 rings (SSSR count). The Balaban J connectivity index is 2.09. The number of aromatic amines is 1. The number of rotatable bonds is 10. The minimum atomic E-state index is 0.157. The van der Waals surface area contributed by atoms with Crippen LogP contribution in [0.15, 0.2) is 6.20 Å². The molecule has 0 aliphatic heterocycles. The van der Waals surface area contributed by atoms with Crippen LogP contribution in [0.4, 0.5) is 0 Å². The number of carbonyl (C=O) groups is 1. The molecular formula is C15H28N4O. The first-order valence-corrected chi connectivity index (χ1v) is 7.63. The molecule has 0 aliphatic carbocycles. The zero-order valence-corrected chi connectivity index (χ0v) is 12.7. The zero-order chi connectivity index (χ0) is 14.8. The van der Waals surface area contributed by atoms with Crippen LogP contribution >= 0.6 is 0 Å². The summed E-state index contributed by atoms with van der Waals surface area (Å²) in [5.74, 6) is 0.740. The number of nitrogens with one attached hydrogen (secondary N) is 2. The van der Waals surface area contributed by atoms with Gasteiger partial charge in [0.15, 0.2) is 0 Å². The Bertz CT molecular complexity index is 389. The third-order valence-electron chi connectivity index (χ3n) is 3.81. The Morgan fingerprint density at radius 1 is 1.50 bits per heavy atom. The SMILES string of the molecule is CCC(CCN)CCC(=O)NCCCc1cn[nH]c1C. The first-order chi connectivity index (χ1) is 9.67. The number of nitrogens with zero attached hydrogens (tertiary/aromatic N) is 1. The summed E-state index contributed by atoms with van der Waals surface area (Å²) in [6.07, 6.45) is 7.44. The number of carbonyl (C=O) groups excluding carboxylic acids is 1. The van der Waals surface area contributed by atoms with E-state index in [1.54, 1.807) is 0 Å². The molecule has 1 aromatic rings. The predicted octanol–water partition coefficient (Wildman–Crippen LogP) is 1.92. The second-order valence-corrected chi connectivity index (χ2v) is 5.36. The fraction of sp³-hybridized carbons (Fsp3) is 0.733. The van der Waals surface area contributed by atoms with E-state index in [-0.39, 0.29) is 5.91 Å². The van der Waals surface area contributed by atoms with Gasteiger partial charge in [0.05, 0.1) is 6.20 Å². The maximum absolute atomic E-state index is 11.7. The number of hydrogen-bond acceptors (Lipinski definition) is 3. The van der Waals surface area contributed by atoms with Crippen LogP contribution in [0, 0.1) is 12.8 Å². The van der Waals surface area contributed by atoms with E-state index in [9.17, 15) is 4.79 Å². The van der Waals surface area contributed by atoms with E-state index in [4.69, 9.17) is 5.73 Å². The summed E-state index contributed by atoms with van der Waals surface area (Å²) in [5, 5.41) is 9.90. The monoisotopic (exact) mass is 280 g/mol. The second-order valence-electron chi connectivity index (χ2n) is 5.36. The molecule has 1 atom stereocenters. The number of nitrogens with two attached hydrogens (primary N) is 1. The first kappa shape index (κ1) is 16.7. The van der Waals surface area contributed by atoms with Crippen molar-refractivity contribution >= 4 is 5.91 Å². The molecule has 5 nitrogen and oxygen atoms in total. The van der Waals surface area contributed by atoms with Gasteiger partial charge in [-0.3, -0.25) is 9.89 Å². The molecule has 0 spiro atoms. The third kappa shape index (κ3) is 6.19. The van der Waals surface area contributed by atoms with Crippen molar-refractivity contribution in [1.82, 2.24) is 15.5 Å². The Morgan fingerprint density at radius 2 is 2.30 bits per heavy atom. The highest BCUT2D eigenvalue weighted by molar-refractivity contribution is 5.75. The third-order valence-corrected chi connectivity index (χ3v) is 3.81. The van der Waals surface area contributed by atoms with Gasteiger partial charge in [0.1, 0.15) is 0 Å². The minimum absolute atomic E-state index is 0.157. The van der Waals surface area contributed by atoms with Gasteiger partial charge >= 0.3 is 0 Å². The molecular weight excluding hydrogens is 252 g/mol. The van der Waals surface area contributed by atoms with E-state index in [1.807, 2.05) is 13.1 Å².